The first-order valence-corrected chi connectivity index (χ1v) is 7.17. The molecule has 0 heterocycles. The molecule has 1 aromatic carbocycles. The Morgan fingerprint density at radius 1 is 1.35 bits per heavy atom. The lowest BCUT2D eigenvalue weighted by Gasteiger charge is -2.09. The molecule has 0 fully saturated rings. The summed E-state index contributed by atoms with van der Waals surface area (Å²) >= 11 is 2.49. The zero-order valence-electron chi connectivity index (χ0n) is 11.9. The van der Waals surface area contributed by atoms with Gasteiger partial charge in [0, 0.05) is 6.21 Å². The summed E-state index contributed by atoms with van der Waals surface area (Å²) in [4.78, 5) is 14.9. The minimum Gasteiger partial charge on any atom is -0.506 e. The van der Waals surface area contributed by atoms with Gasteiger partial charge >= 0.3 is 5.97 Å². The second-order valence-corrected chi connectivity index (χ2v) is 5.23. The van der Waals surface area contributed by atoms with Crippen molar-refractivity contribution in [2.24, 2.45) is 4.99 Å². The Hall–Kier alpha value is -1.87. The molecule has 0 saturated carbocycles. The van der Waals surface area contributed by atoms with Gasteiger partial charge in [-0.3, -0.25) is 4.99 Å². The van der Waals surface area contributed by atoms with Crippen molar-refractivity contribution < 1.29 is 33.3 Å². The number of hydrogen-bond acceptors (Lipinski definition) is 4. The first kappa shape index (κ1) is 19.2. The van der Waals surface area contributed by atoms with E-state index >= 15 is 0 Å². The van der Waals surface area contributed by atoms with E-state index in [-0.39, 0.29) is 6.61 Å². The monoisotopic (exact) mass is 395 g/mol. The molecule has 0 bridgehead atoms. The van der Waals surface area contributed by atoms with E-state index in [2.05, 4.69) is 20.9 Å². The standard InChI is InChI=1S/C14H13BrF3NO4/c1-2-6(5-20)19-4-8(14(22)23)13(21)7-3-9(16)10(15)12(18)11(7)17/h3-4,6,20-21H,2,5H2,1H3,(H,22,23)/t6-/m0/s1. The third-order valence-electron chi connectivity index (χ3n) is 2.94. The fourth-order valence-electron chi connectivity index (χ4n) is 1.57. The molecule has 0 saturated heterocycles. The summed E-state index contributed by atoms with van der Waals surface area (Å²) in [6.07, 6.45) is 1.09. The summed E-state index contributed by atoms with van der Waals surface area (Å²) in [6.45, 7) is 1.32. The third-order valence-corrected chi connectivity index (χ3v) is 3.67. The van der Waals surface area contributed by atoms with Gasteiger partial charge in [0.15, 0.2) is 11.6 Å². The fourth-order valence-corrected chi connectivity index (χ4v) is 1.86. The minimum atomic E-state index is -1.68. The van der Waals surface area contributed by atoms with Crippen LogP contribution in [0, 0.1) is 17.5 Å². The molecule has 0 amide bonds. The lowest BCUT2D eigenvalue weighted by molar-refractivity contribution is -0.132. The summed E-state index contributed by atoms with van der Waals surface area (Å²) in [5.41, 5.74) is -1.82. The van der Waals surface area contributed by atoms with Crippen molar-refractivity contribution in [2.45, 2.75) is 19.4 Å². The second-order valence-electron chi connectivity index (χ2n) is 4.44. The van der Waals surface area contributed by atoms with Crippen molar-refractivity contribution in [1.29, 1.82) is 0 Å². The molecule has 0 radical (unpaired) electrons. The van der Waals surface area contributed by atoms with Crippen LogP contribution in [0.2, 0.25) is 0 Å². The van der Waals surface area contributed by atoms with Crippen molar-refractivity contribution >= 4 is 33.9 Å². The van der Waals surface area contributed by atoms with Gasteiger partial charge in [0.2, 0.25) is 0 Å². The van der Waals surface area contributed by atoms with Crippen LogP contribution in [0.4, 0.5) is 13.2 Å². The van der Waals surface area contributed by atoms with Gasteiger partial charge in [-0.2, -0.15) is 0 Å². The Balaban J connectivity index is 3.47. The van der Waals surface area contributed by atoms with Crippen LogP contribution in [0.5, 0.6) is 0 Å². The van der Waals surface area contributed by atoms with Gasteiger partial charge < -0.3 is 15.3 Å². The Morgan fingerprint density at radius 2 is 1.96 bits per heavy atom. The molecule has 0 aliphatic heterocycles. The van der Waals surface area contributed by atoms with Crippen molar-refractivity contribution in [3.63, 3.8) is 0 Å². The molecule has 9 heteroatoms. The number of carboxylic acid groups (broad SMARTS) is 1. The van der Waals surface area contributed by atoms with Crippen molar-refractivity contribution in [1.82, 2.24) is 0 Å². The Labute approximate surface area is 137 Å². The number of benzene rings is 1. The van der Waals surface area contributed by atoms with Gasteiger partial charge in [-0.15, -0.1) is 0 Å². The van der Waals surface area contributed by atoms with E-state index < -0.39 is 50.8 Å². The minimum absolute atomic E-state index is 0.365. The molecule has 126 valence electrons. The van der Waals surface area contributed by atoms with Crippen molar-refractivity contribution in [3.8, 4) is 0 Å². The molecule has 1 atom stereocenters. The van der Waals surface area contributed by atoms with Crippen molar-refractivity contribution in [3.05, 3.63) is 39.1 Å². The molecule has 0 aliphatic rings. The number of aliphatic imine (C=N–C) groups is 1. The number of halogens is 4. The number of nitrogens with zero attached hydrogens (tertiary/aromatic N) is 1. The molecule has 0 aromatic heterocycles. The molecule has 0 spiro atoms. The SMILES string of the molecule is CC[C@@H](CO)N=CC(C(=O)O)=C(O)c1cc(F)c(Br)c(F)c1F. The zero-order valence-corrected chi connectivity index (χ0v) is 13.4. The summed E-state index contributed by atoms with van der Waals surface area (Å²) < 4.78 is 40.0. The van der Waals surface area contributed by atoms with Crippen LogP contribution in [-0.4, -0.2) is 40.2 Å². The van der Waals surface area contributed by atoms with Crippen LogP contribution in [0.3, 0.4) is 0 Å². The lowest BCUT2D eigenvalue weighted by atomic mass is 10.1. The number of aliphatic hydroxyl groups is 2. The highest BCUT2D eigenvalue weighted by Crippen LogP contribution is 2.29. The normalized spacial score (nSPS) is 14.0. The van der Waals surface area contributed by atoms with Crippen molar-refractivity contribution in [2.75, 3.05) is 6.61 Å². The highest BCUT2D eigenvalue weighted by Gasteiger charge is 2.23. The average Bonchev–Trinajstić information content (AvgIpc) is 2.52. The lowest BCUT2D eigenvalue weighted by Crippen LogP contribution is -2.12. The molecule has 5 nitrogen and oxygen atoms in total. The average molecular weight is 396 g/mol. The predicted octanol–water partition coefficient (Wildman–Crippen LogP) is 3.06. The van der Waals surface area contributed by atoms with Gasteiger partial charge in [0.25, 0.3) is 0 Å². The molecule has 1 aromatic rings. The van der Waals surface area contributed by atoms with E-state index in [1.807, 2.05) is 0 Å². The van der Waals surface area contributed by atoms with E-state index in [9.17, 15) is 23.1 Å². The molecule has 0 unspecified atom stereocenters. The number of hydrogen-bond donors (Lipinski definition) is 3. The largest absolute Gasteiger partial charge is 0.506 e. The van der Waals surface area contributed by atoms with Gasteiger partial charge in [-0.1, -0.05) is 6.92 Å². The highest BCUT2D eigenvalue weighted by atomic mass is 79.9. The summed E-state index contributed by atoms with van der Waals surface area (Å²) in [5, 5.41) is 27.9. The maximum absolute atomic E-state index is 13.8. The molecular weight excluding hydrogens is 383 g/mol. The van der Waals surface area contributed by atoms with E-state index in [0.717, 1.165) is 0 Å². The van der Waals surface area contributed by atoms with Gasteiger partial charge in [0.1, 0.15) is 17.1 Å². The van der Waals surface area contributed by atoms with Crippen LogP contribution < -0.4 is 0 Å². The van der Waals surface area contributed by atoms with Gasteiger partial charge in [-0.25, -0.2) is 18.0 Å². The predicted molar refractivity (Wildman–Crippen MR) is 80.9 cm³/mol. The molecule has 3 N–H and O–H groups in total. The summed E-state index contributed by atoms with van der Waals surface area (Å²) in [6, 6.07) is -0.168. The molecular formula is C14H13BrF3NO4. The topological polar surface area (TPSA) is 90.1 Å². The van der Waals surface area contributed by atoms with Crippen LogP contribution >= 0.6 is 15.9 Å². The number of rotatable bonds is 6. The Kier molecular flexibility index (Phi) is 6.77. The zero-order chi connectivity index (χ0) is 17.7. The Morgan fingerprint density at radius 3 is 2.43 bits per heavy atom. The second kappa shape index (κ2) is 8.11. The fraction of sp³-hybridized carbons (Fsp3) is 0.286. The highest BCUT2D eigenvalue weighted by molar-refractivity contribution is 9.10. The summed E-state index contributed by atoms with van der Waals surface area (Å²) in [7, 11) is 0. The third kappa shape index (κ3) is 4.32. The van der Waals surface area contributed by atoms with E-state index in [4.69, 9.17) is 10.2 Å². The number of carbonyl (C=O) groups is 1. The number of carboxylic acids is 1. The van der Waals surface area contributed by atoms with E-state index in [1.54, 1.807) is 6.92 Å². The van der Waals surface area contributed by atoms with Crippen LogP contribution in [0.1, 0.15) is 18.9 Å². The molecule has 0 aliphatic carbocycles. The van der Waals surface area contributed by atoms with Crippen LogP contribution in [-0.2, 0) is 4.79 Å². The first-order valence-electron chi connectivity index (χ1n) is 6.38. The maximum Gasteiger partial charge on any atom is 0.341 e. The smallest absolute Gasteiger partial charge is 0.341 e. The van der Waals surface area contributed by atoms with Crippen LogP contribution in [0.15, 0.2) is 21.1 Å². The number of aliphatic carboxylic acids is 1. The maximum atomic E-state index is 13.8. The first-order chi connectivity index (χ1) is 10.7. The number of aliphatic hydroxyl groups excluding tert-OH is 2. The van der Waals surface area contributed by atoms with Gasteiger partial charge in [0.05, 0.1) is 22.7 Å². The van der Waals surface area contributed by atoms with Crippen LogP contribution in [0.25, 0.3) is 5.76 Å². The summed E-state index contributed by atoms with van der Waals surface area (Å²) in [5.74, 6) is -7.29. The van der Waals surface area contributed by atoms with Gasteiger partial charge in [-0.05, 0) is 28.4 Å². The molecule has 23 heavy (non-hydrogen) atoms. The van der Waals surface area contributed by atoms with E-state index in [1.165, 1.54) is 0 Å². The Bertz CT molecular complexity index is 672. The quantitative estimate of drug-likeness (QED) is 0.227. The van der Waals surface area contributed by atoms with E-state index in [0.29, 0.717) is 18.7 Å². The molecule has 1 rings (SSSR count).